The normalized spacial score (nSPS) is 42.4. The van der Waals surface area contributed by atoms with Crippen molar-refractivity contribution in [3.8, 4) is 0 Å². The van der Waals surface area contributed by atoms with Crippen LogP contribution in [0.3, 0.4) is 0 Å². The fourth-order valence-corrected chi connectivity index (χ4v) is 5.72. The number of fused-ring (bicyclic) bond motifs is 1. The van der Waals surface area contributed by atoms with Gasteiger partial charge >= 0.3 is 0 Å². The van der Waals surface area contributed by atoms with Crippen molar-refractivity contribution >= 4 is 31.4 Å². The predicted molar refractivity (Wildman–Crippen MR) is 129 cm³/mol. The van der Waals surface area contributed by atoms with Gasteiger partial charge in [-0.2, -0.15) is 0 Å². The molecule has 4 rings (SSSR count). The zero-order valence-corrected chi connectivity index (χ0v) is 19.1. The van der Waals surface area contributed by atoms with Gasteiger partial charge in [-0.3, -0.25) is 16.0 Å². The minimum absolute atomic E-state index is 0.00435. The smallest absolute Gasteiger partial charge is 0.143 e. The van der Waals surface area contributed by atoms with Crippen molar-refractivity contribution in [3.05, 3.63) is 11.6 Å². The molecule has 3 fully saturated rings. The van der Waals surface area contributed by atoms with E-state index in [1.54, 1.807) is 0 Å². The molecule has 0 aromatic heterocycles. The molecule has 0 spiro atoms. The van der Waals surface area contributed by atoms with Crippen LogP contribution in [0.4, 0.5) is 8.78 Å². The molecule has 12 heteroatoms. The Morgan fingerprint density at radius 2 is 2.00 bits per heavy atom. The van der Waals surface area contributed by atoms with Gasteiger partial charge in [-0.05, 0) is 44.7 Å². The number of alkyl halides is 2. The maximum atomic E-state index is 16.1. The molecule has 3 heterocycles. The highest BCUT2D eigenvalue weighted by atomic mass is 19.1. The Morgan fingerprint density at radius 3 is 2.76 bits per heavy atom. The van der Waals surface area contributed by atoms with E-state index < -0.39 is 42.0 Å². The van der Waals surface area contributed by atoms with Crippen molar-refractivity contribution in [3.63, 3.8) is 0 Å². The summed E-state index contributed by atoms with van der Waals surface area (Å²) in [5.74, 6) is 0.0217. The first-order valence-electron chi connectivity index (χ1n) is 12.1. The van der Waals surface area contributed by atoms with Crippen molar-refractivity contribution in [2.75, 3.05) is 26.2 Å². The van der Waals surface area contributed by atoms with Crippen LogP contribution in [-0.2, 0) is 4.74 Å². The zero-order chi connectivity index (χ0) is 23.6. The monoisotopic (exact) mass is 453 g/mol. The summed E-state index contributed by atoms with van der Waals surface area (Å²) in [5.41, 5.74) is 1.15. The van der Waals surface area contributed by atoms with Crippen LogP contribution < -0.4 is 26.6 Å². The number of halogens is 2. The van der Waals surface area contributed by atoms with Gasteiger partial charge in [-0.15, -0.1) is 5.11 Å². The number of nitrogens with one attached hydrogen (secondary N) is 5. The zero-order valence-electron chi connectivity index (χ0n) is 19.1. The van der Waals surface area contributed by atoms with Gasteiger partial charge < -0.3 is 15.4 Å². The second kappa shape index (κ2) is 11.1. The third-order valence-corrected chi connectivity index (χ3v) is 7.35. The summed E-state index contributed by atoms with van der Waals surface area (Å²) in [4.78, 5) is 0. The van der Waals surface area contributed by atoms with Gasteiger partial charge in [0.05, 0.1) is 43.7 Å². The second-order valence-corrected chi connectivity index (χ2v) is 9.97. The van der Waals surface area contributed by atoms with Crippen LogP contribution in [0.5, 0.6) is 0 Å². The first-order chi connectivity index (χ1) is 15.8. The molecule has 1 aliphatic carbocycles. The third-order valence-electron chi connectivity index (χ3n) is 7.35. The largest absolute Gasteiger partial charge is 0.377 e. The lowest BCUT2D eigenvalue weighted by Gasteiger charge is -2.46. The highest BCUT2D eigenvalue weighted by molar-refractivity contribution is 6.59. The van der Waals surface area contributed by atoms with Gasteiger partial charge in [0.25, 0.3) is 0 Å². The van der Waals surface area contributed by atoms with Crippen molar-refractivity contribution in [1.29, 1.82) is 0 Å². The summed E-state index contributed by atoms with van der Waals surface area (Å²) in [6, 6.07) is -1.03. The van der Waals surface area contributed by atoms with Gasteiger partial charge in [0.2, 0.25) is 0 Å². The van der Waals surface area contributed by atoms with E-state index in [9.17, 15) is 4.39 Å². The maximum Gasteiger partial charge on any atom is 0.143 e. The summed E-state index contributed by atoms with van der Waals surface area (Å²) < 4.78 is 37.0. The average Bonchev–Trinajstić information content (AvgIpc) is 3.06. The molecule has 3 aliphatic heterocycles. The van der Waals surface area contributed by atoms with Crippen molar-refractivity contribution in [2.24, 2.45) is 11.8 Å². The summed E-state index contributed by atoms with van der Waals surface area (Å²) >= 11 is 0. The van der Waals surface area contributed by atoms with Crippen LogP contribution in [-0.4, -0.2) is 101 Å². The molecule has 0 amide bonds. The second-order valence-electron chi connectivity index (χ2n) is 9.97. The summed E-state index contributed by atoms with van der Waals surface area (Å²) in [6.07, 6.45) is 1.81. The van der Waals surface area contributed by atoms with Crippen molar-refractivity contribution in [2.45, 2.75) is 80.1 Å². The number of hydrogen-bond acceptors (Lipinski definition) is 6. The first kappa shape index (κ1) is 25.7. The Kier molecular flexibility index (Phi) is 8.67. The number of hydrogen-bond donors (Lipinski definition) is 5. The van der Waals surface area contributed by atoms with E-state index in [-0.39, 0.29) is 24.9 Å². The molecule has 4 aliphatic rings. The van der Waals surface area contributed by atoms with Crippen LogP contribution in [0.1, 0.15) is 25.7 Å². The van der Waals surface area contributed by atoms with Gasteiger partial charge in [0.1, 0.15) is 18.6 Å². The minimum Gasteiger partial charge on any atom is -0.377 e. The number of rotatable bonds is 7. The molecule has 9 atom stereocenters. The molecule has 174 valence electrons. The Morgan fingerprint density at radius 1 is 1.18 bits per heavy atom. The van der Waals surface area contributed by atoms with E-state index in [0.29, 0.717) is 18.9 Å². The van der Waals surface area contributed by atoms with Crippen molar-refractivity contribution in [1.82, 2.24) is 26.6 Å². The summed E-state index contributed by atoms with van der Waals surface area (Å²) in [5, 5.41) is 14.4. The molecular weight excluding hydrogens is 420 g/mol. The van der Waals surface area contributed by atoms with Crippen LogP contribution in [0.15, 0.2) is 11.6 Å². The standard InChI is InChI=1S/C21H33B4F2N5O/c22-9-14-17(27)19(29-10-21(23,24)25)32-20(31-14)30-13-8-12-4-7-33-18(12)15(16(13)26)11-2-1-5-28-6-3-11/h3,12-20,28-32H,1-2,4-10H2. The fourth-order valence-electron chi connectivity index (χ4n) is 5.72. The highest BCUT2D eigenvalue weighted by Gasteiger charge is 2.50. The van der Waals surface area contributed by atoms with Gasteiger partial charge in [-0.1, -0.05) is 18.0 Å². The Labute approximate surface area is 201 Å². The topological polar surface area (TPSA) is 69.4 Å². The Bertz CT molecular complexity index is 688. The first-order valence-corrected chi connectivity index (χ1v) is 12.1. The summed E-state index contributed by atoms with van der Waals surface area (Å²) in [7, 11) is 22.7. The molecule has 0 aromatic rings. The molecule has 33 heavy (non-hydrogen) atoms. The molecule has 8 radical (unpaired) electrons. The number of ether oxygens (including phenoxy) is 1. The van der Waals surface area contributed by atoms with Crippen LogP contribution in [0.2, 0.25) is 11.4 Å². The molecule has 0 bridgehead atoms. The minimum atomic E-state index is -1.48. The highest BCUT2D eigenvalue weighted by Crippen LogP contribution is 2.44. The van der Waals surface area contributed by atoms with Gasteiger partial charge in [0.15, 0.2) is 0 Å². The lowest BCUT2D eigenvalue weighted by molar-refractivity contribution is -0.0283. The van der Waals surface area contributed by atoms with Gasteiger partial charge in [0, 0.05) is 31.2 Å². The molecule has 9 unspecified atom stereocenters. The molecule has 1 saturated carbocycles. The maximum absolute atomic E-state index is 16.1. The Hall–Kier alpha value is -0.380. The van der Waals surface area contributed by atoms with E-state index in [1.807, 2.05) is 0 Å². The molecule has 0 aromatic carbocycles. The Balaban J connectivity index is 1.46. The third kappa shape index (κ3) is 6.25. The van der Waals surface area contributed by atoms with Crippen LogP contribution in [0, 0.1) is 11.8 Å². The molecule has 6 nitrogen and oxygen atoms in total. The summed E-state index contributed by atoms with van der Waals surface area (Å²) in [6.45, 7) is 2.36. The molecule has 5 N–H and O–H groups in total. The van der Waals surface area contributed by atoms with E-state index in [4.69, 9.17) is 36.1 Å². The van der Waals surface area contributed by atoms with Crippen molar-refractivity contribution < 1.29 is 13.5 Å². The molecule has 2 saturated heterocycles. The van der Waals surface area contributed by atoms with Gasteiger partial charge in [-0.25, -0.2) is 8.78 Å². The lowest BCUT2D eigenvalue weighted by atomic mass is 9.43. The van der Waals surface area contributed by atoms with Crippen LogP contribution >= 0.6 is 0 Å². The van der Waals surface area contributed by atoms with E-state index in [2.05, 4.69) is 32.7 Å². The quantitative estimate of drug-likeness (QED) is 0.260. The molecular formula is C21H33B4F2N5O. The lowest BCUT2D eigenvalue weighted by Crippen LogP contribution is -2.74. The average molecular weight is 453 g/mol. The van der Waals surface area contributed by atoms with E-state index in [0.717, 1.165) is 37.9 Å². The fraction of sp³-hybridized carbons (Fsp3) is 0.905. The van der Waals surface area contributed by atoms with E-state index >= 15 is 4.39 Å². The predicted octanol–water partition coefficient (Wildman–Crippen LogP) is -0.718. The van der Waals surface area contributed by atoms with E-state index in [1.165, 1.54) is 0 Å². The van der Waals surface area contributed by atoms with Crippen LogP contribution in [0.25, 0.3) is 0 Å². The SMILES string of the molecule is [B]CC1NC(NC2CC3CCOC3C(C3=CCNCCC3)C2F)NC(NCC([B])([B])[B])C1F.